The van der Waals surface area contributed by atoms with Crippen LogP contribution in [-0.4, -0.2) is 4.57 Å². The van der Waals surface area contributed by atoms with E-state index in [1.165, 1.54) is 22.5 Å². The zero-order chi connectivity index (χ0) is 34.7. The maximum Gasteiger partial charge on any atom is 0.211 e. The molecule has 0 saturated carbocycles. The van der Waals surface area contributed by atoms with Gasteiger partial charge in [0.25, 0.3) is 0 Å². The van der Waals surface area contributed by atoms with Gasteiger partial charge in [-0.2, -0.15) is 0 Å². The van der Waals surface area contributed by atoms with Gasteiger partial charge in [0.2, 0.25) is 5.69 Å². The third-order valence-corrected chi connectivity index (χ3v) is 10.4. The third-order valence-electron chi connectivity index (χ3n) is 10.4. The molecule has 1 aliphatic rings. The van der Waals surface area contributed by atoms with Gasteiger partial charge in [0.1, 0.15) is 0 Å². The molecule has 9 rings (SSSR count). The highest BCUT2D eigenvalue weighted by Crippen LogP contribution is 2.52. The second kappa shape index (κ2) is 11.6. The number of benzene rings is 7. The molecule has 8 aromatic rings. The van der Waals surface area contributed by atoms with Gasteiger partial charge in [-0.1, -0.05) is 123 Å². The summed E-state index contributed by atoms with van der Waals surface area (Å²) >= 11 is 0. The standard InChI is InChI=1S/C47H32N4/c1-47(2)39-17-9-11-20-44(39)50(35-13-6-5-7-14-35)45-27-25-33(29-40(45)47)31-21-23-32(24-22-31)36-16-12-18-41(49-4)46(36)51-42-19-10-8-15-37(42)38-30-34(48-3)26-28-43(38)51/h5-30H,1-2H3. The van der Waals surface area contributed by atoms with Crippen LogP contribution < -0.4 is 4.90 Å². The molecule has 0 saturated heterocycles. The fourth-order valence-electron chi connectivity index (χ4n) is 7.94. The molecule has 0 atom stereocenters. The number of fused-ring (bicyclic) bond motifs is 5. The Balaban J connectivity index is 1.17. The van der Waals surface area contributed by atoms with Gasteiger partial charge in [-0.15, -0.1) is 0 Å². The number of aromatic nitrogens is 1. The molecular formula is C47H32N4. The maximum atomic E-state index is 8.16. The normalized spacial score (nSPS) is 13.0. The minimum Gasteiger partial charge on any atom is -0.318 e. The van der Waals surface area contributed by atoms with Crippen LogP contribution in [0.1, 0.15) is 25.0 Å². The SMILES string of the molecule is [C-]#[N+]c1ccc2c(c1)c1ccccc1n2-c1c([N+]#[C-])cccc1-c1ccc(-c2ccc3c(c2)C(C)(C)c2ccccc2N3c2ccccc2)cc1. The molecule has 0 N–H and O–H groups in total. The number of rotatable bonds is 4. The van der Waals surface area contributed by atoms with Crippen LogP contribution in [0.25, 0.3) is 59.4 Å². The molecule has 0 radical (unpaired) electrons. The Morgan fingerprint density at radius 3 is 2.00 bits per heavy atom. The molecule has 0 amide bonds. The number of nitrogens with zero attached hydrogens (tertiary/aromatic N) is 4. The van der Waals surface area contributed by atoms with Gasteiger partial charge < -0.3 is 9.47 Å². The van der Waals surface area contributed by atoms with Crippen molar-refractivity contribution in [1.82, 2.24) is 4.57 Å². The third kappa shape index (κ3) is 4.66. The molecule has 4 nitrogen and oxygen atoms in total. The zero-order valence-electron chi connectivity index (χ0n) is 28.3. The van der Waals surface area contributed by atoms with Crippen molar-refractivity contribution in [3.8, 4) is 27.9 Å². The van der Waals surface area contributed by atoms with E-state index in [1.807, 2.05) is 42.5 Å². The number of para-hydroxylation sites is 4. The molecule has 1 aromatic heterocycles. The van der Waals surface area contributed by atoms with Gasteiger partial charge in [-0.05, 0) is 87.3 Å². The fraction of sp³-hybridized carbons (Fsp3) is 0.0638. The lowest BCUT2D eigenvalue weighted by molar-refractivity contribution is 0.632. The summed E-state index contributed by atoms with van der Waals surface area (Å²) in [7, 11) is 0. The Morgan fingerprint density at radius 1 is 0.510 bits per heavy atom. The van der Waals surface area contributed by atoms with E-state index in [0.29, 0.717) is 11.4 Å². The monoisotopic (exact) mass is 652 g/mol. The summed E-state index contributed by atoms with van der Waals surface area (Å²) < 4.78 is 2.19. The first-order valence-electron chi connectivity index (χ1n) is 17.1. The van der Waals surface area contributed by atoms with Gasteiger partial charge in [0.05, 0.1) is 41.2 Å². The second-order valence-corrected chi connectivity index (χ2v) is 13.6. The van der Waals surface area contributed by atoms with Gasteiger partial charge in [0, 0.05) is 16.5 Å². The van der Waals surface area contributed by atoms with Crippen molar-refractivity contribution in [2.45, 2.75) is 19.3 Å². The molecule has 0 bridgehead atoms. The highest BCUT2D eigenvalue weighted by Gasteiger charge is 2.37. The molecular weight excluding hydrogens is 621 g/mol. The van der Waals surface area contributed by atoms with E-state index < -0.39 is 0 Å². The van der Waals surface area contributed by atoms with Crippen LogP contribution in [0.3, 0.4) is 0 Å². The van der Waals surface area contributed by atoms with Crippen LogP contribution in [0.4, 0.5) is 28.4 Å². The lowest BCUT2D eigenvalue weighted by Gasteiger charge is -2.42. The van der Waals surface area contributed by atoms with Crippen molar-refractivity contribution in [3.63, 3.8) is 0 Å². The van der Waals surface area contributed by atoms with Crippen LogP contribution in [-0.2, 0) is 5.41 Å². The van der Waals surface area contributed by atoms with E-state index in [2.05, 4.69) is 148 Å². The fourth-order valence-corrected chi connectivity index (χ4v) is 7.94. The van der Waals surface area contributed by atoms with Gasteiger partial charge in [-0.25, -0.2) is 9.69 Å². The Bertz CT molecular complexity index is 2740. The summed E-state index contributed by atoms with van der Waals surface area (Å²) in [6.07, 6.45) is 0. The lowest BCUT2D eigenvalue weighted by Crippen LogP contribution is -2.30. The van der Waals surface area contributed by atoms with E-state index in [-0.39, 0.29) is 5.41 Å². The van der Waals surface area contributed by atoms with Crippen molar-refractivity contribution < 1.29 is 0 Å². The molecule has 4 heteroatoms. The van der Waals surface area contributed by atoms with Crippen LogP contribution in [0.2, 0.25) is 0 Å². The van der Waals surface area contributed by atoms with Gasteiger partial charge in [0.15, 0.2) is 5.69 Å². The first-order chi connectivity index (χ1) is 25.0. The quantitative estimate of drug-likeness (QED) is 0.173. The summed E-state index contributed by atoms with van der Waals surface area (Å²) in [5.41, 5.74) is 14.3. The largest absolute Gasteiger partial charge is 0.318 e. The molecule has 0 fully saturated rings. The maximum absolute atomic E-state index is 8.16. The predicted octanol–water partition coefficient (Wildman–Crippen LogP) is 13.3. The molecule has 240 valence electrons. The molecule has 0 aliphatic carbocycles. The van der Waals surface area contributed by atoms with E-state index >= 15 is 0 Å². The second-order valence-electron chi connectivity index (χ2n) is 13.6. The summed E-state index contributed by atoms with van der Waals surface area (Å²) in [5.74, 6) is 0. The summed E-state index contributed by atoms with van der Waals surface area (Å²) in [5, 5.41) is 2.06. The van der Waals surface area contributed by atoms with E-state index in [0.717, 1.165) is 55.4 Å². The van der Waals surface area contributed by atoms with Crippen molar-refractivity contribution in [2.24, 2.45) is 0 Å². The highest BCUT2D eigenvalue weighted by molar-refractivity contribution is 6.11. The van der Waals surface area contributed by atoms with E-state index in [9.17, 15) is 0 Å². The molecule has 0 spiro atoms. The van der Waals surface area contributed by atoms with Crippen molar-refractivity contribution >= 4 is 50.2 Å². The predicted molar refractivity (Wildman–Crippen MR) is 211 cm³/mol. The van der Waals surface area contributed by atoms with Crippen molar-refractivity contribution in [1.29, 1.82) is 0 Å². The average Bonchev–Trinajstić information content (AvgIpc) is 3.51. The first kappa shape index (κ1) is 30.2. The molecule has 1 aliphatic heterocycles. The molecule has 51 heavy (non-hydrogen) atoms. The first-order valence-corrected chi connectivity index (χ1v) is 17.1. The number of anilines is 3. The molecule has 0 unspecified atom stereocenters. The summed E-state index contributed by atoms with van der Waals surface area (Å²) in [4.78, 5) is 10.1. The van der Waals surface area contributed by atoms with Gasteiger partial charge >= 0.3 is 0 Å². The van der Waals surface area contributed by atoms with Crippen molar-refractivity contribution in [2.75, 3.05) is 4.90 Å². The van der Waals surface area contributed by atoms with Crippen LogP contribution in [0, 0.1) is 13.1 Å². The van der Waals surface area contributed by atoms with Crippen molar-refractivity contribution in [3.05, 3.63) is 192 Å². The molecule has 7 aromatic carbocycles. The molecule has 2 heterocycles. The minimum atomic E-state index is -0.194. The Kier molecular flexibility index (Phi) is 6.88. The zero-order valence-corrected chi connectivity index (χ0v) is 28.3. The van der Waals surface area contributed by atoms with Crippen LogP contribution in [0.5, 0.6) is 0 Å². The smallest absolute Gasteiger partial charge is 0.211 e. The van der Waals surface area contributed by atoms with Crippen LogP contribution in [0.15, 0.2) is 158 Å². The van der Waals surface area contributed by atoms with Crippen LogP contribution >= 0.6 is 0 Å². The Labute approximate surface area is 297 Å². The summed E-state index contributed by atoms with van der Waals surface area (Å²) in [6.45, 7) is 20.4. The highest BCUT2D eigenvalue weighted by atomic mass is 15.2. The number of hydrogen-bond acceptors (Lipinski definition) is 1. The summed E-state index contributed by atoms with van der Waals surface area (Å²) in [6, 6.07) is 54.9. The van der Waals surface area contributed by atoms with E-state index in [1.54, 1.807) is 0 Å². The van der Waals surface area contributed by atoms with E-state index in [4.69, 9.17) is 13.1 Å². The Morgan fingerprint density at radius 2 is 1.20 bits per heavy atom. The minimum absolute atomic E-state index is 0.194. The lowest BCUT2D eigenvalue weighted by atomic mass is 9.73. The average molecular weight is 653 g/mol. The number of hydrogen-bond donors (Lipinski definition) is 0. The van der Waals surface area contributed by atoms with Gasteiger partial charge in [-0.3, -0.25) is 0 Å². The topological polar surface area (TPSA) is 16.9 Å². The Hall–Kier alpha value is -6.88.